The predicted molar refractivity (Wildman–Crippen MR) is 77.9 cm³/mol. The van der Waals surface area contributed by atoms with Crippen molar-refractivity contribution >= 4 is 16.5 Å². The second-order valence-electron chi connectivity index (χ2n) is 6.16. The highest BCUT2D eigenvalue weighted by molar-refractivity contribution is 7.15. The van der Waals surface area contributed by atoms with Gasteiger partial charge in [0.05, 0.1) is 0 Å². The Balaban J connectivity index is 1.36. The molecule has 3 fully saturated rings. The molecular formula is C14H22N4S. The smallest absolute Gasteiger partial charge is 0.208 e. The van der Waals surface area contributed by atoms with E-state index in [1.54, 1.807) is 0 Å². The van der Waals surface area contributed by atoms with Crippen LogP contribution < -0.4 is 4.90 Å². The van der Waals surface area contributed by atoms with E-state index < -0.39 is 0 Å². The summed E-state index contributed by atoms with van der Waals surface area (Å²) in [5.74, 6) is 0.742. The second kappa shape index (κ2) is 5.02. The molecule has 0 N–H and O–H groups in total. The van der Waals surface area contributed by atoms with Crippen LogP contribution in [0.15, 0.2) is 0 Å². The van der Waals surface area contributed by atoms with Gasteiger partial charge in [0, 0.05) is 38.1 Å². The molecule has 2 saturated carbocycles. The van der Waals surface area contributed by atoms with Crippen LogP contribution in [-0.2, 0) is 0 Å². The summed E-state index contributed by atoms with van der Waals surface area (Å²) in [6.07, 6.45) is 8.36. The van der Waals surface area contributed by atoms with Crippen molar-refractivity contribution in [3.05, 3.63) is 5.01 Å². The number of hydrogen-bond donors (Lipinski definition) is 0. The van der Waals surface area contributed by atoms with Gasteiger partial charge in [-0.3, -0.25) is 4.90 Å². The Morgan fingerprint density at radius 2 is 1.63 bits per heavy atom. The maximum Gasteiger partial charge on any atom is 0.208 e. The Morgan fingerprint density at radius 1 is 0.895 bits per heavy atom. The molecule has 0 unspecified atom stereocenters. The molecule has 0 aromatic carbocycles. The highest BCUT2D eigenvalue weighted by Crippen LogP contribution is 2.42. The summed E-state index contributed by atoms with van der Waals surface area (Å²) >= 11 is 1.83. The van der Waals surface area contributed by atoms with Gasteiger partial charge in [0.15, 0.2) is 0 Å². The van der Waals surface area contributed by atoms with E-state index in [4.69, 9.17) is 0 Å². The molecular weight excluding hydrogens is 256 g/mol. The molecule has 1 aliphatic heterocycles. The van der Waals surface area contributed by atoms with Crippen LogP contribution in [0.25, 0.3) is 0 Å². The minimum absolute atomic E-state index is 0.742. The van der Waals surface area contributed by atoms with Gasteiger partial charge in [-0.1, -0.05) is 24.2 Å². The van der Waals surface area contributed by atoms with Crippen LogP contribution in [0.5, 0.6) is 0 Å². The third kappa shape index (κ3) is 2.50. The van der Waals surface area contributed by atoms with Crippen molar-refractivity contribution in [2.24, 2.45) is 0 Å². The number of rotatable bonds is 3. The normalized spacial score (nSPS) is 26.2. The van der Waals surface area contributed by atoms with Gasteiger partial charge in [-0.25, -0.2) is 0 Å². The van der Waals surface area contributed by atoms with Crippen LogP contribution >= 0.6 is 11.3 Å². The average molecular weight is 278 g/mol. The first-order valence-corrected chi connectivity index (χ1v) is 8.54. The highest BCUT2D eigenvalue weighted by Gasteiger charge is 2.30. The highest BCUT2D eigenvalue weighted by atomic mass is 32.1. The van der Waals surface area contributed by atoms with Crippen molar-refractivity contribution in [1.82, 2.24) is 15.1 Å². The third-order valence-electron chi connectivity index (χ3n) is 4.78. The molecule has 4 rings (SSSR count). The van der Waals surface area contributed by atoms with Crippen molar-refractivity contribution in [3.63, 3.8) is 0 Å². The van der Waals surface area contributed by atoms with Gasteiger partial charge in [-0.15, -0.1) is 10.2 Å². The Labute approximate surface area is 118 Å². The summed E-state index contributed by atoms with van der Waals surface area (Å²) in [5, 5.41) is 11.2. The Bertz CT molecular complexity index is 428. The van der Waals surface area contributed by atoms with E-state index in [1.165, 1.54) is 56.6 Å². The molecule has 0 atom stereocenters. The summed E-state index contributed by atoms with van der Waals surface area (Å²) in [6, 6.07) is 0.874. The van der Waals surface area contributed by atoms with Crippen LogP contribution in [0.4, 0.5) is 5.13 Å². The van der Waals surface area contributed by atoms with Crippen LogP contribution in [0.1, 0.15) is 49.5 Å². The van der Waals surface area contributed by atoms with Crippen LogP contribution in [0, 0.1) is 0 Å². The van der Waals surface area contributed by atoms with Crippen LogP contribution in [0.2, 0.25) is 0 Å². The molecule has 1 aromatic heterocycles. The molecule has 0 spiro atoms. The topological polar surface area (TPSA) is 32.3 Å². The van der Waals surface area contributed by atoms with E-state index in [-0.39, 0.29) is 0 Å². The molecule has 2 heterocycles. The summed E-state index contributed by atoms with van der Waals surface area (Å²) in [4.78, 5) is 5.14. The van der Waals surface area contributed by atoms with Crippen LogP contribution in [0.3, 0.4) is 0 Å². The van der Waals surface area contributed by atoms with Gasteiger partial charge in [-0.2, -0.15) is 0 Å². The van der Waals surface area contributed by atoms with Crippen LogP contribution in [-0.4, -0.2) is 47.3 Å². The molecule has 5 heteroatoms. The number of nitrogens with zero attached hydrogens (tertiary/aromatic N) is 4. The second-order valence-corrected chi connectivity index (χ2v) is 7.15. The van der Waals surface area contributed by atoms with Crippen molar-refractivity contribution in [3.8, 4) is 0 Å². The first-order chi connectivity index (χ1) is 9.40. The molecule has 104 valence electrons. The van der Waals surface area contributed by atoms with Gasteiger partial charge in [0.1, 0.15) is 5.01 Å². The lowest BCUT2D eigenvalue weighted by Gasteiger charge is -2.37. The molecule has 19 heavy (non-hydrogen) atoms. The van der Waals surface area contributed by atoms with Gasteiger partial charge in [0.2, 0.25) is 5.13 Å². The van der Waals surface area contributed by atoms with E-state index >= 15 is 0 Å². The fourth-order valence-electron chi connectivity index (χ4n) is 3.40. The Hall–Kier alpha value is -0.680. The standard InChI is InChI=1S/C14H22N4S/c1-2-4-12(3-1)17-7-9-18(10-8-17)14-16-15-13(19-14)11-5-6-11/h11-12H,1-10H2. The average Bonchev–Trinajstić information content (AvgIpc) is 2.97. The largest absolute Gasteiger partial charge is 0.344 e. The summed E-state index contributed by atoms with van der Waals surface area (Å²) in [5.41, 5.74) is 0. The zero-order valence-corrected chi connectivity index (χ0v) is 12.2. The number of piperazine rings is 1. The summed E-state index contributed by atoms with van der Waals surface area (Å²) in [6.45, 7) is 4.69. The monoisotopic (exact) mass is 278 g/mol. The maximum absolute atomic E-state index is 4.40. The van der Waals surface area contributed by atoms with E-state index in [2.05, 4.69) is 20.0 Å². The molecule has 0 amide bonds. The van der Waals surface area contributed by atoms with Gasteiger partial charge in [-0.05, 0) is 25.7 Å². The van der Waals surface area contributed by atoms with Gasteiger partial charge in [0.25, 0.3) is 0 Å². The Kier molecular flexibility index (Phi) is 3.19. The lowest BCUT2D eigenvalue weighted by atomic mass is 10.2. The summed E-state index contributed by atoms with van der Waals surface area (Å²) < 4.78 is 0. The van der Waals surface area contributed by atoms with E-state index in [1.807, 2.05) is 11.3 Å². The van der Waals surface area contributed by atoms with Crippen molar-refractivity contribution in [1.29, 1.82) is 0 Å². The lowest BCUT2D eigenvalue weighted by Crippen LogP contribution is -2.49. The minimum atomic E-state index is 0.742. The zero-order chi connectivity index (χ0) is 12.7. The Morgan fingerprint density at radius 3 is 2.32 bits per heavy atom. The zero-order valence-electron chi connectivity index (χ0n) is 11.4. The van der Waals surface area contributed by atoms with Gasteiger partial charge < -0.3 is 4.90 Å². The molecule has 3 aliphatic rings. The number of aromatic nitrogens is 2. The molecule has 1 aromatic rings. The van der Waals surface area contributed by atoms with E-state index in [0.29, 0.717) is 0 Å². The van der Waals surface area contributed by atoms with E-state index in [9.17, 15) is 0 Å². The fraction of sp³-hybridized carbons (Fsp3) is 0.857. The molecule has 0 bridgehead atoms. The van der Waals surface area contributed by atoms with Crippen molar-refractivity contribution in [2.75, 3.05) is 31.1 Å². The molecule has 4 nitrogen and oxygen atoms in total. The first-order valence-electron chi connectivity index (χ1n) is 7.72. The number of hydrogen-bond acceptors (Lipinski definition) is 5. The quantitative estimate of drug-likeness (QED) is 0.850. The SMILES string of the molecule is C1CCC(N2CCN(c3nnc(C4CC4)s3)CC2)C1. The lowest BCUT2D eigenvalue weighted by molar-refractivity contribution is 0.187. The van der Waals surface area contributed by atoms with Gasteiger partial charge >= 0.3 is 0 Å². The summed E-state index contributed by atoms with van der Waals surface area (Å²) in [7, 11) is 0. The molecule has 1 saturated heterocycles. The predicted octanol–water partition coefficient (Wildman–Crippen LogP) is 2.48. The van der Waals surface area contributed by atoms with Crippen molar-refractivity contribution < 1.29 is 0 Å². The molecule has 2 aliphatic carbocycles. The van der Waals surface area contributed by atoms with Crippen molar-refractivity contribution in [2.45, 2.75) is 50.5 Å². The fourth-order valence-corrected chi connectivity index (χ4v) is 4.46. The number of anilines is 1. The minimum Gasteiger partial charge on any atom is -0.344 e. The van der Waals surface area contributed by atoms with E-state index in [0.717, 1.165) is 30.2 Å². The first kappa shape index (κ1) is 12.1. The molecule has 0 radical (unpaired) electrons. The maximum atomic E-state index is 4.40. The third-order valence-corrected chi connectivity index (χ3v) is 5.93.